The number of aromatic nitrogens is 3. The van der Waals surface area contributed by atoms with Gasteiger partial charge in [-0.05, 0) is 29.2 Å². The number of carbonyl (C=O) groups excluding carboxylic acids is 1. The Morgan fingerprint density at radius 2 is 1.74 bits per heavy atom. The Morgan fingerprint density at radius 3 is 2.54 bits per heavy atom. The molecule has 0 fully saturated rings. The number of rotatable bonds is 9. The first-order chi connectivity index (χ1) is 17.2. The molecule has 1 aromatic heterocycles. The van der Waals surface area contributed by atoms with Crippen molar-refractivity contribution in [3.8, 4) is 22.9 Å². The normalized spacial score (nSPS) is 12.9. The fraction of sp³-hybridized carbons (Fsp3) is 0.222. The average molecular weight is 487 g/mol. The van der Waals surface area contributed by atoms with E-state index in [2.05, 4.69) is 34.6 Å². The van der Waals surface area contributed by atoms with Gasteiger partial charge in [0.05, 0.1) is 12.3 Å². The molecule has 0 radical (unpaired) electrons. The summed E-state index contributed by atoms with van der Waals surface area (Å²) in [6, 6.07) is 26.0. The van der Waals surface area contributed by atoms with Crippen molar-refractivity contribution < 1.29 is 14.3 Å². The highest BCUT2D eigenvalue weighted by molar-refractivity contribution is 7.99. The number of amides is 1. The molecule has 1 amide bonds. The second-order valence-corrected chi connectivity index (χ2v) is 9.29. The first kappa shape index (κ1) is 23.0. The van der Waals surface area contributed by atoms with Crippen molar-refractivity contribution in [2.24, 2.45) is 0 Å². The van der Waals surface area contributed by atoms with Crippen LogP contribution in [0.2, 0.25) is 0 Å². The Morgan fingerprint density at radius 1 is 1.00 bits per heavy atom. The zero-order valence-corrected chi connectivity index (χ0v) is 20.2. The number of hydrogen-bond donors (Lipinski definition) is 1. The van der Waals surface area contributed by atoms with Gasteiger partial charge >= 0.3 is 0 Å². The van der Waals surface area contributed by atoms with Gasteiger partial charge in [0, 0.05) is 12.1 Å². The predicted molar refractivity (Wildman–Crippen MR) is 136 cm³/mol. The summed E-state index contributed by atoms with van der Waals surface area (Å²) in [5.41, 5.74) is 3.21. The van der Waals surface area contributed by atoms with Crippen LogP contribution >= 0.6 is 11.8 Å². The quantitative estimate of drug-likeness (QED) is 0.345. The largest absolute Gasteiger partial charge is 0.454 e. The van der Waals surface area contributed by atoms with Crippen LogP contribution in [0.1, 0.15) is 24.0 Å². The van der Waals surface area contributed by atoms with Gasteiger partial charge in [0.15, 0.2) is 22.5 Å². The first-order valence-electron chi connectivity index (χ1n) is 11.5. The second kappa shape index (κ2) is 10.7. The highest BCUT2D eigenvalue weighted by Gasteiger charge is 2.19. The molecule has 1 aliphatic heterocycles. The lowest BCUT2D eigenvalue weighted by molar-refractivity contribution is -0.118. The van der Waals surface area contributed by atoms with Crippen LogP contribution in [-0.2, 0) is 11.3 Å². The van der Waals surface area contributed by atoms with E-state index < -0.39 is 0 Å². The summed E-state index contributed by atoms with van der Waals surface area (Å²) in [5, 5.41) is 12.6. The molecule has 178 valence electrons. The van der Waals surface area contributed by atoms with Gasteiger partial charge < -0.3 is 14.8 Å². The maximum atomic E-state index is 12.6. The van der Waals surface area contributed by atoms with Gasteiger partial charge in [-0.3, -0.25) is 9.36 Å². The van der Waals surface area contributed by atoms with Gasteiger partial charge in [0.1, 0.15) is 0 Å². The zero-order chi connectivity index (χ0) is 24.0. The molecule has 0 bridgehead atoms. The number of fused-ring (bicyclic) bond motifs is 1. The van der Waals surface area contributed by atoms with Crippen molar-refractivity contribution in [2.45, 2.75) is 24.5 Å². The average Bonchev–Trinajstić information content (AvgIpc) is 3.53. The molecule has 35 heavy (non-hydrogen) atoms. The lowest BCUT2D eigenvalue weighted by Gasteiger charge is -2.13. The monoisotopic (exact) mass is 486 g/mol. The van der Waals surface area contributed by atoms with Crippen molar-refractivity contribution in [1.29, 1.82) is 0 Å². The third-order valence-electron chi connectivity index (χ3n) is 5.83. The summed E-state index contributed by atoms with van der Waals surface area (Å²) in [5.74, 6) is 2.70. The maximum Gasteiger partial charge on any atom is 0.231 e. The molecular formula is C27H26N4O3S. The van der Waals surface area contributed by atoms with Gasteiger partial charge in [-0.25, -0.2) is 0 Å². The molecule has 0 saturated heterocycles. The highest BCUT2D eigenvalue weighted by atomic mass is 32.2. The molecule has 0 spiro atoms. The highest BCUT2D eigenvalue weighted by Crippen LogP contribution is 2.33. The summed E-state index contributed by atoms with van der Waals surface area (Å²) in [6.45, 7) is 3.47. The van der Waals surface area contributed by atoms with Gasteiger partial charge in [-0.15, -0.1) is 10.2 Å². The number of carbonyl (C=O) groups is 1. The third-order valence-corrected chi connectivity index (χ3v) is 6.80. The van der Waals surface area contributed by atoms with E-state index in [4.69, 9.17) is 9.47 Å². The molecule has 7 nitrogen and oxygen atoms in total. The van der Waals surface area contributed by atoms with Gasteiger partial charge in [-0.1, -0.05) is 85.4 Å². The van der Waals surface area contributed by atoms with Crippen LogP contribution in [0.4, 0.5) is 0 Å². The fourth-order valence-corrected chi connectivity index (χ4v) is 4.68. The number of ether oxygens (including phenoxy) is 2. The smallest absolute Gasteiger partial charge is 0.231 e. The molecule has 1 aliphatic rings. The molecule has 0 unspecified atom stereocenters. The third kappa shape index (κ3) is 5.49. The SMILES string of the molecule is C[C@@H](CNC(=O)CSc1nnc(-c2ccccc2)n1Cc1ccc2c(c1)OCO2)c1ccccc1. The Labute approximate surface area is 208 Å². The van der Waals surface area contributed by atoms with Crippen LogP contribution in [0, 0.1) is 0 Å². The van der Waals surface area contributed by atoms with E-state index >= 15 is 0 Å². The summed E-state index contributed by atoms with van der Waals surface area (Å²) in [4.78, 5) is 12.6. The molecule has 5 rings (SSSR count). The molecule has 4 aromatic rings. The molecule has 0 saturated carbocycles. The summed E-state index contributed by atoms with van der Waals surface area (Å²) < 4.78 is 13.0. The van der Waals surface area contributed by atoms with Crippen molar-refractivity contribution in [1.82, 2.24) is 20.1 Å². The standard InChI is InChI=1S/C27H26N4O3S/c1-19(21-8-4-2-5-9-21)15-28-25(32)17-35-27-30-29-26(22-10-6-3-7-11-22)31(27)16-20-12-13-23-24(14-20)34-18-33-23/h2-14,19H,15-18H2,1H3,(H,28,32)/t19-/m0/s1. The van der Waals surface area contributed by atoms with Crippen molar-refractivity contribution in [3.63, 3.8) is 0 Å². The van der Waals surface area contributed by atoms with Crippen molar-refractivity contribution in [3.05, 3.63) is 90.0 Å². The molecule has 8 heteroatoms. The van der Waals surface area contributed by atoms with Crippen LogP contribution in [0.3, 0.4) is 0 Å². The topological polar surface area (TPSA) is 78.3 Å². The van der Waals surface area contributed by atoms with E-state index in [9.17, 15) is 4.79 Å². The van der Waals surface area contributed by atoms with Crippen LogP contribution < -0.4 is 14.8 Å². The van der Waals surface area contributed by atoms with E-state index in [-0.39, 0.29) is 24.4 Å². The summed E-state index contributed by atoms with van der Waals surface area (Å²) >= 11 is 1.38. The minimum Gasteiger partial charge on any atom is -0.454 e. The lowest BCUT2D eigenvalue weighted by atomic mass is 10.0. The number of thioether (sulfide) groups is 1. The van der Waals surface area contributed by atoms with Crippen molar-refractivity contribution >= 4 is 17.7 Å². The Balaban J connectivity index is 1.29. The fourth-order valence-electron chi connectivity index (χ4n) is 3.91. The van der Waals surface area contributed by atoms with E-state index in [1.165, 1.54) is 17.3 Å². The molecule has 1 N–H and O–H groups in total. The molecule has 1 atom stereocenters. The predicted octanol–water partition coefficient (Wildman–Crippen LogP) is 4.73. The van der Waals surface area contributed by atoms with Gasteiger partial charge in [0.25, 0.3) is 0 Å². The van der Waals surface area contributed by atoms with Crippen LogP contribution in [-0.4, -0.2) is 39.8 Å². The van der Waals surface area contributed by atoms with Crippen LogP contribution in [0.5, 0.6) is 11.5 Å². The number of nitrogens with one attached hydrogen (secondary N) is 1. The van der Waals surface area contributed by atoms with E-state index in [0.717, 1.165) is 28.5 Å². The maximum absolute atomic E-state index is 12.6. The Hall–Kier alpha value is -3.78. The first-order valence-corrected chi connectivity index (χ1v) is 12.5. The number of benzene rings is 3. The minimum atomic E-state index is -0.0309. The minimum absolute atomic E-state index is 0.0309. The van der Waals surface area contributed by atoms with Crippen LogP contribution in [0.15, 0.2) is 84.0 Å². The second-order valence-electron chi connectivity index (χ2n) is 8.35. The molecular weight excluding hydrogens is 460 g/mol. The van der Waals surface area contributed by atoms with E-state index in [1.54, 1.807) is 0 Å². The zero-order valence-electron chi connectivity index (χ0n) is 19.4. The van der Waals surface area contributed by atoms with Crippen molar-refractivity contribution in [2.75, 3.05) is 19.1 Å². The van der Waals surface area contributed by atoms with E-state index in [0.29, 0.717) is 18.2 Å². The molecule has 0 aliphatic carbocycles. The van der Waals surface area contributed by atoms with Gasteiger partial charge in [0.2, 0.25) is 12.7 Å². The number of nitrogens with zero attached hydrogens (tertiary/aromatic N) is 3. The Kier molecular flexibility index (Phi) is 6.99. The van der Waals surface area contributed by atoms with Gasteiger partial charge in [-0.2, -0.15) is 0 Å². The summed E-state index contributed by atoms with van der Waals surface area (Å²) in [6.07, 6.45) is 0. The molecule has 2 heterocycles. The summed E-state index contributed by atoms with van der Waals surface area (Å²) in [7, 11) is 0. The van der Waals surface area contributed by atoms with E-state index in [1.807, 2.05) is 71.3 Å². The number of hydrogen-bond acceptors (Lipinski definition) is 6. The lowest BCUT2D eigenvalue weighted by Crippen LogP contribution is -2.29. The molecule has 3 aromatic carbocycles. The Bertz CT molecular complexity index is 1290. The van der Waals surface area contributed by atoms with Crippen LogP contribution in [0.25, 0.3) is 11.4 Å².